The van der Waals surface area contributed by atoms with Crippen LogP contribution < -0.4 is 20.3 Å². The van der Waals surface area contributed by atoms with Crippen LogP contribution in [0.15, 0.2) is 24.3 Å². The van der Waals surface area contributed by atoms with Crippen LogP contribution in [-0.4, -0.2) is 44.5 Å². The van der Waals surface area contributed by atoms with Gasteiger partial charge in [0.15, 0.2) is 0 Å². The number of benzene rings is 1. The largest absolute Gasteiger partial charge is 0.495 e. The van der Waals surface area contributed by atoms with Gasteiger partial charge in [-0.3, -0.25) is 14.4 Å². The first kappa shape index (κ1) is 17.3. The number of ether oxygens (including phenoxy) is 1. The minimum absolute atomic E-state index is 0.0626. The summed E-state index contributed by atoms with van der Waals surface area (Å²) in [7, 11) is 1.56. The second-order valence-electron chi connectivity index (χ2n) is 6.43. The Kier molecular flexibility index (Phi) is 5.21. The molecule has 0 unspecified atom stereocenters. The highest BCUT2D eigenvalue weighted by Crippen LogP contribution is 2.32. The number of hydrogen-bond donors (Lipinski definition) is 2. The van der Waals surface area contributed by atoms with Gasteiger partial charge in [0.05, 0.1) is 18.7 Å². The molecular weight excluding hydrogens is 322 g/mol. The molecule has 1 saturated carbocycles. The van der Waals surface area contributed by atoms with Crippen LogP contribution in [0.2, 0.25) is 0 Å². The summed E-state index contributed by atoms with van der Waals surface area (Å²) < 4.78 is 5.29. The molecule has 25 heavy (non-hydrogen) atoms. The molecule has 2 aliphatic rings. The molecule has 1 aromatic rings. The van der Waals surface area contributed by atoms with Gasteiger partial charge in [0.1, 0.15) is 5.75 Å². The van der Waals surface area contributed by atoms with Crippen LogP contribution in [0.25, 0.3) is 0 Å². The van der Waals surface area contributed by atoms with Crippen LogP contribution in [0.5, 0.6) is 5.75 Å². The number of anilines is 1. The number of nitrogens with one attached hydrogen (secondary N) is 2. The Labute approximate surface area is 146 Å². The fourth-order valence-electron chi connectivity index (χ4n) is 2.97. The summed E-state index contributed by atoms with van der Waals surface area (Å²) >= 11 is 0. The van der Waals surface area contributed by atoms with Gasteiger partial charge in [-0.05, 0) is 25.0 Å². The summed E-state index contributed by atoms with van der Waals surface area (Å²) in [5, 5.41) is 5.60. The van der Waals surface area contributed by atoms with Gasteiger partial charge in [0, 0.05) is 32.0 Å². The maximum Gasteiger partial charge on any atom is 0.227 e. The smallest absolute Gasteiger partial charge is 0.227 e. The number of hydrogen-bond acceptors (Lipinski definition) is 4. The summed E-state index contributed by atoms with van der Waals surface area (Å²) in [5.74, 6) is 0.194. The van der Waals surface area contributed by atoms with Crippen LogP contribution in [-0.2, 0) is 14.4 Å². The minimum atomic E-state index is -0.392. The van der Waals surface area contributed by atoms with Crippen molar-refractivity contribution in [3.63, 3.8) is 0 Å². The van der Waals surface area contributed by atoms with E-state index < -0.39 is 5.92 Å². The average Bonchev–Trinajstić information content (AvgIpc) is 3.40. The van der Waals surface area contributed by atoms with Gasteiger partial charge in [0.2, 0.25) is 17.7 Å². The number of nitrogens with zero attached hydrogens (tertiary/aromatic N) is 1. The van der Waals surface area contributed by atoms with Crippen molar-refractivity contribution in [3.8, 4) is 5.75 Å². The second kappa shape index (κ2) is 7.55. The lowest BCUT2D eigenvalue weighted by Gasteiger charge is -2.19. The zero-order valence-electron chi connectivity index (χ0n) is 14.3. The normalized spacial score (nSPS) is 19.6. The van der Waals surface area contributed by atoms with Gasteiger partial charge < -0.3 is 20.3 Å². The zero-order chi connectivity index (χ0) is 17.8. The molecule has 3 rings (SSSR count). The van der Waals surface area contributed by atoms with Crippen molar-refractivity contribution in [2.24, 2.45) is 11.8 Å². The van der Waals surface area contributed by atoms with E-state index in [1.54, 1.807) is 18.1 Å². The third-order valence-electron chi connectivity index (χ3n) is 4.54. The Balaban J connectivity index is 1.49. The standard InChI is InChI=1S/C18H23N3O4/c1-25-15-5-3-2-4-14(15)21-11-13(10-16(21)22)18(24)20-9-8-19-17(23)12-6-7-12/h2-5,12-13H,6-11H2,1H3,(H,19,23)(H,20,24)/t13-/m0/s1. The molecule has 1 aliphatic heterocycles. The highest BCUT2D eigenvalue weighted by molar-refractivity contribution is 6.01. The molecule has 7 nitrogen and oxygen atoms in total. The van der Waals surface area contributed by atoms with Crippen LogP contribution >= 0.6 is 0 Å². The van der Waals surface area contributed by atoms with Gasteiger partial charge in [-0.2, -0.15) is 0 Å². The summed E-state index contributed by atoms with van der Waals surface area (Å²) in [6.45, 7) is 1.12. The minimum Gasteiger partial charge on any atom is -0.495 e. The average molecular weight is 345 g/mol. The molecule has 134 valence electrons. The van der Waals surface area contributed by atoms with E-state index in [0.717, 1.165) is 12.8 Å². The van der Waals surface area contributed by atoms with E-state index in [-0.39, 0.29) is 30.1 Å². The lowest BCUT2D eigenvalue weighted by molar-refractivity contribution is -0.126. The number of carbonyl (C=O) groups is 3. The lowest BCUT2D eigenvalue weighted by atomic mass is 10.1. The first-order valence-corrected chi connectivity index (χ1v) is 8.59. The van der Waals surface area contributed by atoms with Crippen molar-refractivity contribution >= 4 is 23.4 Å². The monoisotopic (exact) mass is 345 g/mol. The van der Waals surface area contributed by atoms with E-state index in [0.29, 0.717) is 31.1 Å². The molecule has 3 amide bonds. The van der Waals surface area contributed by atoms with Gasteiger partial charge >= 0.3 is 0 Å². The quantitative estimate of drug-likeness (QED) is 0.712. The Morgan fingerprint density at radius 3 is 2.40 bits per heavy atom. The third-order valence-corrected chi connectivity index (χ3v) is 4.54. The molecule has 7 heteroatoms. The molecule has 2 fully saturated rings. The van der Waals surface area contributed by atoms with E-state index in [9.17, 15) is 14.4 Å². The molecule has 1 heterocycles. The van der Waals surface area contributed by atoms with E-state index in [4.69, 9.17) is 4.74 Å². The number of rotatable bonds is 7. The molecule has 1 atom stereocenters. The molecule has 1 aliphatic carbocycles. The third kappa shape index (κ3) is 4.10. The Morgan fingerprint density at radius 2 is 1.76 bits per heavy atom. The van der Waals surface area contributed by atoms with Crippen LogP contribution in [0.3, 0.4) is 0 Å². The number of methoxy groups -OCH3 is 1. The van der Waals surface area contributed by atoms with Gasteiger partial charge in [-0.1, -0.05) is 12.1 Å². The van der Waals surface area contributed by atoms with Gasteiger partial charge in [0.25, 0.3) is 0 Å². The zero-order valence-corrected chi connectivity index (χ0v) is 14.3. The van der Waals surface area contributed by atoms with Crippen molar-refractivity contribution in [2.45, 2.75) is 19.3 Å². The highest BCUT2D eigenvalue weighted by atomic mass is 16.5. The summed E-state index contributed by atoms with van der Waals surface area (Å²) in [6, 6.07) is 7.27. The van der Waals surface area contributed by atoms with E-state index in [1.165, 1.54) is 0 Å². The molecule has 0 radical (unpaired) electrons. The molecule has 2 N–H and O–H groups in total. The lowest BCUT2D eigenvalue weighted by Crippen LogP contribution is -2.38. The fraction of sp³-hybridized carbons (Fsp3) is 0.500. The number of carbonyl (C=O) groups excluding carboxylic acids is 3. The maximum absolute atomic E-state index is 12.3. The Bertz CT molecular complexity index is 672. The maximum atomic E-state index is 12.3. The first-order valence-electron chi connectivity index (χ1n) is 8.59. The van der Waals surface area contributed by atoms with Crippen LogP contribution in [0.1, 0.15) is 19.3 Å². The van der Waals surface area contributed by atoms with Crippen molar-refractivity contribution in [1.29, 1.82) is 0 Å². The fourth-order valence-corrected chi connectivity index (χ4v) is 2.97. The predicted octanol–water partition coefficient (Wildman–Crippen LogP) is 0.690. The Morgan fingerprint density at radius 1 is 1.12 bits per heavy atom. The molecule has 0 spiro atoms. The summed E-state index contributed by atoms with van der Waals surface area (Å²) in [5.41, 5.74) is 0.682. The van der Waals surface area contributed by atoms with E-state index >= 15 is 0 Å². The molecular formula is C18H23N3O4. The highest BCUT2D eigenvalue weighted by Gasteiger charge is 2.36. The molecule has 1 saturated heterocycles. The SMILES string of the molecule is COc1ccccc1N1C[C@@H](C(=O)NCCNC(=O)C2CC2)CC1=O. The number of para-hydroxylation sites is 2. The van der Waals surface area contributed by atoms with Gasteiger partial charge in [-0.15, -0.1) is 0 Å². The predicted molar refractivity (Wildman–Crippen MR) is 92.2 cm³/mol. The summed E-state index contributed by atoms with van der Waals surface area (Å²) in [6.07, 6.45) is 2.10. The van der Waals surface area contributed by atoms with Crippen molar-refractivity contribution < 1.29 is 19.1 Å². The van der Waals surface area contributed by atoms with E-state index in [2.05, 4.69) is 10.6 Å². The molecule has 1 aromatic carbocycles. The molecule has 0 aromatic heterocycles. The van der Waals surface area contributed by atoms with Crippen molar-refractivity contribution in [3.05, 3.63) is 24.3 Å². The second-order valence-corrected chi connectivity index (χ2v) is 6.43. The number of amides is 3. The Hall–Kier alpha value is -2.57. The first-order chi connectivity index (χ1) is 12.1. The van der Waals surface area contributed by atoms with Crippen LogP contribution in [0, 0.1) is 11.8 Å². The van der Waals surface area contributed by atoms with Gasteiger partial charge in [-0.25, -0.2) is 0 Å². The summed E-state index contributed by atoms with van der Waals surface area (Å²) in [4.78, 5) is 37.7. The van der Waals surface area contributed by atoms with Crippen molar-refractivity contribution in [2.75, 3.05) is 31.6 Å². The van der Waals surface area contributed by atoms with Crippen LogP contribution in [0.4, 0.5) is 5.69 Å². The molecule has 0 bridgehead atoms. The topological polar surface area (TPSA) is 87.7 Å². The van der Waals surface area contributed by atoms with E-state index in [1.807, 2.05) is 18.2 Å². The van der Waals surface area contributed by atoms with Crippen molar-refractivity contribution in [1.82, 2.24) is 10.6 Å².